The highest BCUT2D eigenvalue weighted by Crippen LogP contribution is 2.07. The predicted molar refractivity (Wildman–Crippen MR) is 83.7 cm³/mol. The van der Waals surface area contributed by atoms with Gasteiger partial charge >= 0.3 is 0 Å². The van der Waals surface area contributed by atoms with Crippen LogP contribution in [0.1, 0.15) is 29.4 Å². The van der Waals surface area contributed by atoms with Crippen molar-refractivity contribution in [2.24, 2.45) is 5.92 Å². The average Bonchev–Trinajstić information content (AvgIpc) is 2.77. The summed E-state index contributed by atoms with van der Waals surface area (Å²) in [5.41, 5.74) is 4.14. The molecule has 0 amide bonds. The van der Waals surface area contributed by atoms with Gasteiger partial charge in [-0.3, -0.25) is 4.68 Å². The molecule has 4 nitrogen and oxygen atoms in total. The van der Waals surface area contributed by atoms with Gasteiger partial charge in [-0.25, -0.2) is 0 Å². The number of benzene rings is 1. The van der Waals surface area contributed by atoms with Gasteiger partial charge in [0.05, 0.1) is 17.3 Å². The Morgan fingerprint density at radius 1 is 1.33 bits per heavy atom. The molecule has 1 aromatic heterocycles. The molecular formula is C17H22N4. The van der Waals surface area contributed by atoms with E-state index in [0.717, 1.165) is 30.9 Å². The molecule has 0 bridgehead atoms. The summed E-state index contributed by atoms with van der Waals surface area (Å²) in [5.74, 6) is 0.502. The standard InChI is InChI=1S/C17H22N4/c1-13(12-21-15(3)7-14(2)20-21)10-19-11-17-6-4-5-16(8-17)9-18/h4-8,13,19H,10-12H2,1-3H3/t13-/m1/s1. The van der Waals surface area contributed by atoms with Gasteiger partial charge in [0.25, 0.3) is 0 Å². The van der Waals surface area contributed by atoms with Crippen LogP contribution < -0.4 is 5.32 Å². The Labute approximate surface area is 126 Å². The molecule has 1 atom stereocenters. The third-order valence-corrected chi connectivity index (χ3v) is 3.47. The topological polar surface area (TPSA) is 53.6 Å². The van der Waals surface area contributed by atoms with E-state index in [1.165, 1.54) is 5.69 Å². The number of aromatic nitrogens is 2. The molecule has 1 heterocycles. The zero-order chi connectivity index (χ0) is 15.2. The van der Waals surface area contributed by atoms with E-state index in [0.29, 0.717) is 11.5 Å². The van der Waals surface area contributed by atoms with E-state index < -0.39 is 0 Å². The van der Waals surface area contributed by atoms with Gasteiger partial charge in [-0.05, 0) is 50.1 Å². The summed E-state index contributed by atoms with van der Waals surface area (Å²) in [6, 6.07) is 12.0. The maximum Gasteiger partial charge on any atom is 0.0991 e. The van der Waals surface area contributed by atoms with Crippen LogP contribution in [0.25, 0.3) is 0 Å². The van der Waals surface area contributed by atoms with Gasteiger partial charge in [0.2, 0.25) is 0 Å². The molecule has 0 unspecified atom stereocenters. The summed E-state index contributed by atoms with van der Waals surface area (Å²) in [4.78, 5) is 0. The van der Waals surface area contributed by atoms with Gasteiger partial charge in [0.15, 0.2) is 0 Å². The lowest BCUT2D eigenvalue weighted by atomic mass is 10.1. The zero-order valence-corrected chi connectivity index (χ0v) is 12.9. The average molecular weight is 282 g/mol. The maximum atomic E-state index is 8.89. The molecule has 2 rings (SSSR count). The van der Waals surface area contributed by atoms with Crippen LogP contribution in [0, 0.1) is 31.1 Å². The fraction of sp³-hybridized carbons (Fsp3) is 0.412. The third-order valence-electron chi connectivity index (χ3n) is 3.47. The summed E-state index contributed by atoms with van der Waals surface area (Å²) in [6.07, 6.45) is 0. The number of aryl methyl sites for hydroxylation is 2. The molecule has 4 heteroatoms. The minimum absolute atomic E-state index is 0.502. The number of hydrogen-bond acceptors (Lipinski definition) is 3. The normalized spacial score (nSPS) is 12.1. The van der Waals surface area contributed by atoms with Crippen molar-refractivity contribution in [3.05, 3.63) is 52.8 Å². The number of nitrogens with one attached hydrogen (secondary N) is 1. The number of hydrogen-bond donors (Lipinski definition) is 1. The highest BCUT2D eigenvalue weighted by Gasteiger charge is 2.07. The fourth-order valence-corrected chi connectivity index (χ4v) is 2.43. The van der Waals surface area contributed by atoms with Gasteiger partial charge in [-0.2, -0.15) is 10.4 Å². The van der Waals surface area contributed by atoms with Gasteiger partial charge in [0.1, 0.15) is 0 Å². The van der Waals surface area contributed by atoms with Crippen LogP contribution in [-0.4, -0.2) is 16.3 Å². The van der Waals surface area contributed by atoms with Crippen molar-refractivity contribution in [1.82, 2.24) is 15.1 Å². The van der Waals surface area contributed by atoms with Crippen LogP contribution in [0.3, 0.4) is 0 Å². The van der Waals surface area contributed by atoms with E-state index in [4.69, 9.17) is 5.26 Å². The Bertz CT molecular complexity index is 636. The Kier molecular flexibility index (Phi) is 5.13. The summed E-state index contributed by atoms with van der Waals surface area (Å²) in [7, 11) is 0. The second-order valence-corrected chi connectivity index (χ2v) is 5.66. The van der Waals surface area contributed by atoms with E-state index in [1.807, 2.05) is 31.2 Å². The first-order chi connectivity index (χ1) is 10.1. The lowest BCUT2D eigenvalue weighted by molar-refractivity contribution is 0.416. The van der Waals surface area contributed by atoms with Crippen molar-refractivity contribution in [1.29, 1.82) is 5.26 Å². The number of nitrogens with zero attached hydrogens (tertiary/aromatic N) is 3. The minimum Gasteiger partial charge on any atom is -0.312 e. The van der Waals surface area contributed by atoms with Gasteiger partial charge in [-0.1, -0.05) is 19.1 Å². The molecule has 0 saturated heterocycles. The predicted octanol–water partition coefficient (Wildman–Crippen LogP) is 2.80. The molecule has 0 spiro atoms. The van der Waals surface area contributed by atoms with Crippen molar-refractivity contribution >= 4 is 0 Å². The lowest BCUT2D eigenvalue weighted by Gasteiger charge is -2.14. The first kappa shape index (κ1) is 15.3. The summed E-state index contributed by atoms with van der Waals surface area (Å²) < 4.78 is 2.07. The van der Waals surface area contributed by atoms with E-state index in [-0.39, 0.29) is 0 Å². The molecule has 1 N–H and O–H groups in total. The van der Waals surface area contributed by atoms with E-state index in [1.54, 1.807) is 0 Å². The highest BCUT2D eigenvalue weighted by molar-refractivity contribution is 5.32. The number of rotatable bonds is 6. The van der Waals surface area contributed by atoms with Crippen molar-refractivity contribution in [3.8, 4) is 6.07 Å². The minimum atomic E-state index is 0.502. The molecule has 1 aromatic carbocycles. The van der Waals surface area contributed by atoms with Crippen LogP contribution in [0.5, 0.6) is 0 Å². The van der Waals surface area contributed by atoms with Gasteiger partial charge in [0, 0.05) is 18.8 Å². The van der Waals surface area contributed by atoms with E-state index in [9.17, 15) is 0 Å². The van der Waals surface area contributed by atoms with Crippen LogP contribution in [0.15, 0.2) is 30.3 Å². The molecular weight excluding hydrogens is 260 g/mol. The summed E-state index contributed by atoms with van der Waals surface area (Å²) >= 11 is 0. The Morgan fingerprint density at radius 2 is 2.14 bits per heavy atom. The van der Waals surface area contributed by atoms with Crippen LogP contribution in [0.2, 0.25) is 0 Å². The summed E-state index contributed by atoms with van der Waals surface area (Å²) in [5, 5.41) is 16.8. The summed E-state index contributed by atoms with van der Waals surface area (Å²) in [6.45, 7) is 8.97. The van der Waals surface area contributed by atoms with Crippen molar-refractivity contribution in [2.75, 3.05) is 6.54 Å². The second-order valence-electron chi connectivity index (χ2n) is 5.66. The molecule has 0 fully saturated rings. The largest absolute Gasteiger partial charge is 0.312 e. The monoisotopic (exact) mass is 282 g/mol. The molecule has 110 valence electrons. The SMILES string of the molecule is Cc1cc(C)n(C[C@H](C)CNCc2cccc(C#N)c2)n1. The quantitative estimate of drug-likeness (QED) is 0.886. The molecule has 0 saturated carbocycles. The zero-order valence-electron chi connectivity index (χ0n) is 12.9. The fourth-order valence-electron chi connectivity index (χ4n) is 2.43. The third kappa shape index (κ3) is 4.44. The first-order valence-corrected chi connectivity index (χ1v) is 7.29. The van der Waals surface area contributed by atoms with E-state index in [2.05, 4.69) is 41.1 Å². The molecule has 0 aliphatic rings. The van der Waals surface area contributed by atoms with Crippen molar-refractivity contribution < 1.29 is 0 Å². The van der Waals surface area contributed by atoms with Gasteiger partial charge < -0.3 is 5.32 Å². The molecule has 21 heavy (non-hydrogen) atoms. The Morgan fingerprint density at radius 3 is 2.81 bits per heavy atom. The van der Waals surface area contributed by atoms with Crippen molar-refractivity contribution in [3.63, 3.8) is 0 Å². The number of nitriles is 1. The molecule has 2 aromatic rings. The molecule has 0 radical (unpaired) electrons. The first-order valence-electron chi connectivity index (χ1n) is 7.29. The van der Waals surface area contributed by atoms with Crippen LogP contribution in [0.4, 0.5) is 0 Å². The van der Waals surface area contributed by atoms with Crippen molar-refractivity contribution in [2.45, 2.75) is 33.9 Å². The van der Waals surface area contributed by atoms with Crippen LogP contribution >= 0.6 is 0 Å². The Balaban J connectivity index is 1.80. The smallest absolute Gasteiger partial charge is 0.0991 e. The van der Waals surface area contributed by atoms with E-state index >= 15 is 0 Å². The molecule has 0 aliphatic heterocycles. The maximum absolute atomic E-state index is 8.89. The van der Waals surface area contributed by atoms with Crippen LogP contribution in [-0.2, 0) is 13.1 Å². The van der Waals surface area contributed by atoms with Gasteiger partial charge in [-0.15, -0.1) is 0 Å². The highest BCUT2D eigenvalue weighted by atomic mass is 15.3. The Hall–Kier alpha value is -2.12. The lowest BCUT2D eigenvalue weighted by Crippen LogP contribution is -2.24. The second kappa shape index (κ2) is 7.05. The molecule has 0 aliphatic carbocycles.